The van der Waals surface area contributed by atoms with Gasteiger partial charge in [0.15, 0.2) is 0 Å². The minimum atomic E-state index is -0.264. The summed E-state index contributed by atoms with van der Waals surface area (Å²) >= 11 is 0. The van der Waals surface area contributed by atoms with E-state index < -0.39 is 0 Å². The molecule has 0 fully saturated rings. The minimum Gasteiger partial charge on any atom is -0.496 e. The van der Waals surface area contributed by atoms with Gasteiger partial charge in [0, 0.05) is 25.8 Å². The molecule has 0 aromatic heterocycles. The van der Waals surface area contributed by atoms with E-state index in [4.69, 9.17) is 14.2 Å². The van der Waals surface area contributed by atoms with Crippen molar-refractivity contribution in [3.8, 4) is 11.5 Å². The zero-order chi connectivity index (χ0) is 16.5. The molecule has 0 saturated carbocycles. The minimum absolute atomic E-state index is 0.264. The molecule has 5 heteroatoms. The van der Waals surface area contributed by atoms with Crippen LogP contribution in [0.5, 0.6) is 11.5 Å². The van der Waals surface area contributed by atoms with Gasteiger partial charge in [-0.15, -0.1) is 0 Å². The summed E-state index contributed by atoms with van der Waals surface area (Å²) in [6, 6.07) is 12.4. The number of hydrogen-bond acceptors (Lipinski definition) is 4. The molecule has 1 N–H and O–H groups in total. The molecule has 0 aliphatic carbocycles. The summed E-state index contributed by atoms with van der Waals surface area (Å²) < 4.78 is 29.0. The van der Waals surface area contributed by atoms with Gasteiger partial charge in [-0.25, -0.2) is 4.39 Å². The summed E-state index contributed by atoms with van der Waals surface area (Å²) in [7, 11) is 3.23. The molecule has 0 amide bonds. The van der Waals surface area contributed by atoms with E-state index in [9.17, 15) is 4.39 Å². The average Bonchev–Trinajstić information content (AvgIpc) is 2.57. The molecular weight excluding hydrogens is 297 g/mol. The average molecular weight is 319 g/mol. The Bertz CT molecular complexity index is 602. The Balaban J connectivity index is 1.83. The Morgan fingerprint density at radius 2 is 1.74 bits per heavy atom. The maximum absolute atomic E-state index is 13.3. The summed E-state index contributed by atoms with van der Waals surface area (Å²) in [6.07, 6.45) is 0. The van der Waals surface area contributed by atoms with Crippen LogP contribution in [-0.2, 0) is 17.8 Å². The summed E-state index contributed by atoms with van der Waals surface area (Å²) in [5.74, 6) is 1.23. The first-order valence-electron chi connectivity index (χ1n) is 7.46. The van der Waals surface area contributed by atoms with E-state index >= 15 is 0 Å². The van der Waals surface area contributed by atoms with Crippen LogP contribution in [0.2, 0.25) is 0 Å². The molecule has 124 valence electrons. The maximum Gasteiger partial charge on any atom is 0.123 e. The molecule has 0 saturated heterocycles. The first kappa shape index (κ1) is 17.2. The van der Waals surface area contributed by atoms with Gasteiger partial charge < -0.3 is 19.5 Å². The van der Waals surface area contributed by atoms with Gasteiger partial charge in [-0.1, -0.05) is 12.1 Å². The molecule has 2 aromatic rings. The van der Waals surface area contributed by atoms with Gasteiger partial charge in [0.2, 0.25) is 0 Å². The summed E-state index contributed by atoms with van der Waals surface area (Å²) in [4.78, 5) is 0. The monoisotopic (exact) mass is 319 g/mol. The molecule has 0 radical (unpaired) electrons. The predicted octanol–water partition coefficient (Wildman–Crippen LogP) is 3.15. The second-order valence-electron chi connectivity index (χ2n) is 5.04. The van der Waals surface area contributed by atoms with E-state index in [1.54, 1.807) is 20.3 Å². The van der Waals surface area contributed by atoms with Crippen LogP contribution in [0.3, 0.4) is 0 Å². The highest BCUT2D eigenvalue weighted by atomic mass is 19.1. The first-order chi connectivity index (χ1) is 11.2. The molecule has 0 heterocycles. The molecule has 0 atom stereocenters. The summed E-state index contributed by atoms with van der Waals surface area (Å²) in [5.41, 5.74) is 1.92. The van der Waals surface area contributed by atoms with E-state index in [2.05, 4.69) is 5.32 Å². The topological polar surface area (TPSA) is 39.7 Å². The van der Waals surface area contributed by atoms with Gasteiger partial charge in [-0.05, 0) is 35.9 Å². The van der Waals surface area contributed by atoms with Gasteiger partial charge in [-0.2, -0.15) is 0 Å². The number of halogens is 1. The first-order valence-corrected chi connectivity index (χ1v) is 7.46. The molecular formula is C18H22FNO3. The lowest BCUT2D eigenvalue weighted by Crippen LogP contribution is -2.13. The lowest BCUT2D eigenvalue weighted by Gasteiger charge is -2.10. The van der Waals surface area contributed by atoms with E-state index in [0.717, 1.165) is 16.9 Å². The molecule has 4 nitrogen and oxygen atoms in total. The lowest BCUT2D eigenvalue weighted by molar-refractivity contribution is 0.146. The predicted molar refractivity (Wildman–Crippen MR) is 87.3 cm³/mol. The van der Waals surface area contributed by atoms with Crippen molar-refractivity contribution in [1.82, 2.24) is 5.32 Å². The fourth-order valence-corrected chi connectivity index (χ4v) is 2.17. The van der Waals surface area contributed by atoms with Gasteiger partial charge in [0.25, 0.3) is 0 Å². The SMILES string of the molecule is COCCOc1ccc(CNCc2cc(F)ccc2OC)cc1. The van der Waals surface area contributed by atoms with Crippen LogP contribution in [0.4, 0.5) is 4.39 Å². The van der Waals surface area contributed by atoms with Crippen molar-refractivity contribution in [1.29, 1.82) is 0 Å². The van der Waals surface area contributed by atoms with Crippen molar-refractivity contribution < 1.29 is 18.6 Å². The quantitative estimate of drug-likeness (QED) is 0.721. The van der Waals surface area contributed by atoms with Crippen LogP contribution in [0.25, 0.3) is 0 Å². The zero-order valence-corrected chi connectivity index (χ0v) is 13.5. The highest BCUT2D eigenvalue weighted by Crippen LogP contribution is 2.19. The van der Waals surface area contributed by atoms with Gasteiger partial charge >= 0.3 is 0 Å². The smallest absolute Gasteiger partial charge is 0.123 e. The largest absolute Gasteiger partial charge is 0.496 e. The zero-order valence-electron chi connectivity index (χ0n) is 13.5. The van der Waals surface area contributed by atoms with E-state index in [0.29, 0.717) is 32.1 Å². The Morgan fingerprint density at radius 1 is 0.957 bits per heavy atom. The Labute approximate surface area is 136 Å². The van der Waals surface area contributed by atoms with Crippen LogP contribution in [0, 0.1) is 5.82 Å². The van der Waals surface area contributed by atoms with E-state index in [1.165, 1.54) is 12.1 Å². The van der Waals surface area contributed by atoms with Crippen LogP contribution in [-0.4, -0.2) is 27.4 Å². The van der Waals surface area contributed by atoms with E-state index in [1.807, 2.05) is 24.3 Å². The lowest BCUT2D eigenvalue weighted by atomic mass is 10.1. The third-order valence-electron chi connectivity index (χ3n) is 3.37. The fourth-order valence-electron chi connectivity index (χ4n) is 2.17. The van der Waals surface area contributed by atoms with Crippen LogP contribution in [0.1, 0.15) is 11.1 Å². The van der Waals surface area contributed by atoms with E-state index in [-0.39, 0.29) is 5.82 Å². The molecule has 23 heavy (non-hydrogen) atoms. The molecule has 0 unspecified atom stereocenters. The molecule has 0 aliphatic rings. The molecule has 0 aliphatic heterocycles. The molecule has 2 aromatic carbocycles. The number of benzene rings is 2. The number of rotatable bonds is 9. The van der Waals surface area contributed by atoms with Crippen molar-refractivity contribution in [2.24, 2.45) is 0 Å². The number of nitrogens with one attached hydrogen (secondary N) is 1. The van der Waals surface area contributed by atoms with Gasteiger partial charge in [-0.3, -0.25) is 0 Å². The van der Waals surface area contributed by atoms with Crippen LogP contribution >= 0.6 is 0 Å². The summed E-state index contributed by atoms with van der Waals surface area (Å²) in [6.45, 7) is 2.32. The highest BCUT2D eigenvalue weighted by Gasteiger charge is 2.04. The van der Waals surface area contributed by atoms with Crippen molar-refractivity contribution in [2.75, 3.05) is 27.4 Å². The second-order valence-corrected chi connectivity index (χ2v) is 5.04. The highest BCUT2D eigenvalue weighted by molar-refractivity contribution is 5.34. The van der Waals surface area contributed by atoms with Gasteiger partial charge in [0.1, 0.15) is 23.9 Å². The van der Waals surface area contributed by atoms with Crippen LogP contribution in [0.15, 0.2) is 42.5 Å². The number of hydrogen-bond donors (Lipinski definition) is 1. The maximum atomic E-state index is 13.3. The van der Waals surface area contributed by atoms with Crippen LogP contribution < -0.4 is 14.8 Å². The fraction of sp³-hybridized carbons (Fsp3) is 0.333. The molecule has 2 rings (SSSR count). The Morgan fingerprint density at radius 3 is 2.43 bits per heavy atom. The van der Waals surface area contributed by atoms with Crippen molar-refractivity contribution in [3.63, 3.8) is 0 Å². The van der Waals surface area contributed by atoms with Gasteiger partial charge in [0.05, 0.1) is 13.7 Å². The third-order valence-corrected chi connectivity index (χ3v) is 3.37. The molecule has 0 bridgehead atoms. The Kier molecular flexibility index (Phi) is 6.84. The van der Waals surface area contributed by atoms with Crippen molar-refractivity contribution in [3.05, 3.63) is 59.4 Å². The Hall–Kier alpha value is -2.11. The standard InChI is InChI=1S/C18H22FNO3/c1-21-9-10-23-17-6-3-14(4-7-17)12-20-13-15-11-16(19)5-8-18(15)22-2/h3-8,11,20H,9-10,12-13H2,1-2H3. The number of ether oxygens (including phenoxy) is 3. The summed E-state index contributed by atoms with van der Waals surface area (Å²) in [5, 5.41) is 3.28. The molecule has 0 spiro atoms. The normalized spacial score (nSPS) is 10.6. The van der Waals surface area contributed by atoms with Crippen molar-refractivity contribution in [2.45, 2.75) is 13.1 Å². The second kappa shape index (κ2) is 9.12. The third kappa shape index (κ3) is 5.54. The van der Waals surface area contributed by atoms with Crippen molar-refractivity contribution >= 4 is 0 Å². The number of methoxy groups -OCH3 is 2.